The van der Waals surface area contributed by atoms with Crippen molar-refractivity contribution in [2.45, 2.75) is 70.4 Å². The molecule has 0 spiro atoms. The molecule has 0 bridgehead atoms. The molecule has 2 N–H and O–H groups in total. The normalized spacial score (nSPS) is 35.9. The van der Waals surface area contributed by atoms with E-state index in [2.05, 4.69) is 17.1 Å². The third kappa shape index (κ3) is 3.34. The number of carboxylic acids is 1. The zero-order valence-corrected chi connectivity index (χ0v) is 13.0. The van der Waals surface area contributed by atoms with Gasteiger partial charge < -0.3 is 15.3 Å². The summed E-state index contributed by atoms with van der Waals surface area (Å²) in [6, 6.07) is 0.452. The SMILES string of the molecule is CCNC1(C(=O)O)CCCC(N2CCCC(CC)C2)C1. The molecular formula is C16H30N2O2. The topological polar surface area (TPSA) is 52.6 Å². The minimum absolute atomic E-state index is 0.452. The molecule has 4 nitrogen and oxygen atoms in total. The van der Waals surface area contributed by atoms with Crippen molar-refractivity contribution in [2.75, 3.05) is 19.6 Å². The van der Waals surface area contributed by atoms with Gasteiger partial charge in [0.25, 0.3) is 0 Å². The molecule has 2 aliphatic rings. The molecular weight excluding hydrogens is 252 g/mol. The Balaban J connectivity index is 2.03. The van der Waals surface area contributed by atoms with Crippen molar-refractivity contribution in [2.24, 2.45) is 5.92 Å². The van der Waals surface area contributed by atoms with Crippen LogP contribution in [0.3, 0.4) is 0 Å². The molecule has 1 heterocycles. The second-order valence-corrected chi connectivity index (χ2v) is 6.58. The highest BCUT2D eigenvalue weighted by Crippen LogP contribution is 2.34. The van der Waals surface area contributed by atoms with E-state index in [1.54, 1.807) is 0 Å². The molecule has 20 heavy (non-hydrogen) atoms. The molecule has 0 radical (unpaired) electrons. The summed E-state index contributed by atoms with van der Waals surface area (Å²) in [5.41, 5.74) is -0.684. The van der Waals surface area contributed by atoms with E-state index in [0.29, 0.717) is 6.04 Å². The summed E-state index contributed by atoms with van der Waals surface area (Å²) in [6.45, 7) is 7.33. The number of nitrogens with zero attached hydrogens (tertiary/aromatic N) is 1. The Morgan fingerprint density at radius 2 is 2.15 bits per heavy atom. The first-order chi connectivity index (χ1) is 9.61. The molecule has 0 aromatic heterocycles. The van der Waals surface area contributed by atoms with E-state index < -0.39 is 11.5 Å². The van der Waals surface area contributed by atoms with Crippen molar-refractivity contribution >= 4 is 5.97 Å². The van der Waals surface area contributed by atoms with Gasteiger partial charge in [-0.1, -0.05) is 20.3 Å². The predicted octanol–water partition coefficient (Wildman–Crippen LogP) is 2.48. The Kier molecular flexibility index (Phi) is 5.44. The van der Waals surface area contributed by atoms with Crippen molar-refractivity contribution < 1.29 is 9.90 Å². The molecule has 4 heteroatoms. The van der Waals surface area contributed by atoms with E-state index in [1.165, 1.54) is 25.8 Å². The maximum Gasteiger partial charge on any atom is 0.323 e. The molecule has 3 atom stereocenters. The van der Waals surface area contributed by atoms with E-state index in [-0.39, 0.29) is 0 Å². The molecule has 1 aliphatic heterocycles. The molecule has 0 aromatic carbocycles. The maximum absolute atomic E-state index is 11.7. The van der Waals surface area contributed by atoms with Crippen LogP contribution in [0.4, 0.5) is 0 Å². The first kappa shape index (κ1) is 15.8. The summed E-state index contributed by atoms with van der Waals surface area (Å²) in [6.07, 6.45) is 7.60. The van der Waals surface area contributed by atoms with Crippen molar-refractivity contribution in [1.82, 2.24) is 10.2 Å². The first-order valence-corrected chi connectivity index (χ1v) is 8.33. The number of rotatable bonds is 5. The molecule has 0 aromatic rings. The molecule has 116 valence electrons. The van der Waals surface area contributed by atoms with Crippen LogP contribution in [0.5, 0.6) is 0 Å². The molecule has 1 aliphatic carbocycles. The third-order valence-electron chi connectivity index (χ3n) is 5.29. The quantitative estimate of drug-likeness (QED) is 0.813. The van der Waals surface area contributed by atoms with Gasteiger partial charge in [0.15, 0.2) is 0 Å². The van der Waals surface area contributed by atoms with Gasteiger partial charge in [-0.25, -0.2) is 0 Å². The molecule has 2 fully saturated rings. The number of nitrogens with one attached hydrogen (secondary N) is 1. The fourth-order valence-corrected chi connectivity index (χ4v) is 4.09. The summed E-state index contributed by atoms with van der Waals surface area (Å²) in [5.74, 6) is 0.150. The number of likely N-dealkylation sites (tertiary alicyclic amines) is 1. The lowest BCUT2D eigenvalue weighted by atomic mass is 9.77. The Labute approximate surface area is 122 Å². The zero-order valence-electron chi connectivity index (χ0n) is 13.0. The molecule has 1 saturated heterocycles. The highest BCUT2D eigenvalue weighted by Gasteiger charge is 2.44. The van der Waals surface area contributed by atoms with Crippen LogP contribution >= 0.6 is 0 Å². The smallest absolute Gasteiger partial charge is 0.323 e. The summed E-state index contributed by atoms with van der Waals surface area (Å²) >= 11 is 0. The fourth-order valence-electron chi connectivity index (χ4n) is 4.09. The molecule has 1 saturated carbocycles. The van der Waals surface area contributed by atoms with Gasteiger partial charge in [-0.05, 0) is 57.5 Å². The van der Waals surface area contributed by atoms with Crippen LogP contribution in [0, 0.1) is 5.92 Å². The average molecular weight is 282 g/mol. The van der Waals surface area contributed by atoms with Gasteiger partial charge in [0.1, 0.15) is 5.54 Å². The molecule has 2 rings (SSSR count). The Morgan fingerprint density at radius 3 is 2.80 bits per heavy atom. The zero-order chi connectivity index (χ0) is 14.6. The lowest BCUT2D eigenvalue weighted by Gasteiger charge is -2.45. The van der Waals surface area contributed by atoms with Crippen LogP contribution in [0.2, 0.25) is 0 Å². The van der Waals surface area contributed by atoms with Gasteiger partial charge in [0, 0.05) is 12.6 Å². The van der Waals surface area contributed by atoms with E-state index in [9.17, 15) is 9.90 Å². The number of piperidine rings is 1. The van der Waals surface area contributed by atoms with Crippen molar-refractivity contribution in [3.8, 4) is 0 Å². The van der Waals surface area contributed by atoms with Crippen LogP contribution in [-0.4, -0.2) is 47.2 Å². The fraction of sp³-hybridized carbons (Fsp3) is 0.938. The van der Waals surface area contributed by atoms with E-state index in [0.717, 1.165) is 44.7 Å². The number of hydrogen-bond acceptors (Lipinski definition) is 3. The third-order valence-corrected chi connectivity index (χ3v) is 5.29. The van der Waals surface area contributed by atoms with Crippen LogP contribution in [0.25, 0.3) is 0 Å². The number of aliphatic carboxylic acids is 1. The summed E-state index contributed by atoms with van der Waals surface area (Å²) in [7, 11) is 0. The summed E-state index contributed by atoms with van der Waals surface area (Å²) in [4.78, 5) is 14.3. The maximum atomic E-state index is 11.7. The van der Waals surface area contributed by atoms with Crippen LogP contribution in [-0.2, 0) is 4.79 Å². The summed E-state index contributed by atoms with van der Waals surface area (Å²) in [5, 5.41) is 12.9. The Morgan fingerprint density at radius 1 is 1.35 bits per heavy atom. The van der Waals surface area contributed by atoms with Gasteiger partial charge in [-0.15, -0.1) is 0 Å². The van der Waals surface area contributed by atoms with Gasteiger partial charge in [-0.3, -0.25) is 4.79 Å². The Hall–Kier alpha value is -0.610. The van der Waals surface area contributed by atoms with Gasteiger partial charge in [0.05, 0.1) is 0 Å². The monoisotopic (exact) mass is 282 g/mol. The van der Waals surface area contributed by atoms with Gasteiger partial charge in [-0.2, -0.15) is 0 Å². The van der Waals surface area contributed by atoms with Crippen molar-refractivity contribution in [3.63, 3.8) is 0 Å². The number of carboxylic acid groups (broad SMARTS) is 1. The minimum Gasteiger partial charge on any atom is -0.480 e. The van der Waals surface area contributed by atoms with Crippen molar-refractivity contribution in [3.05, 3.63) is 0 Å². The average Bonchev–Trinajstić information content (AvgIpc) is 2.48. The molecule has 0 amide bonds. The van der Waals surface area contributed by atoms with E-state index >= 15 is 0 Å². The van der Waals surface area contributed by atoms with Crippen molar-refractivity contribution in [1.29, 1.82) is 0 Å². The molecule has 3 unspecified atom stereocenters. The lowest BCUT2D eigenvalue weighted by molar-refractivity contribution is -0.147. The number of carbonyl (C=O) groups is 1. The first-order valence-electron chi connectivity index (χ1n) is 8.33. The lowest BCUT2D eigenvalue weighted by Crippen LogP contribution is -2.59. The number of hydrogen-bond donors (Lipinski definition) is 2. The highest BCUT2D eigenvalue weighted by atomic mass is 16.4. The van der Waals surface area contributed by atoms with Gasteiger partial charge in [0.2, 0.25) is 0 Å². The minimum atomic E-state index is -0.684. The van der Waals surface area contributed by atoms with E-state index in [4.69, 9.17) is 0 Å². The predicted molar refractivity (Wildman–Crippen MR) is 80.9 cm³/mol. The van der Waals surface area contributed by atoms with Gasteiger partial charge >= 0.3 is 5.97 Å². The highest BCUT2D eigenvalue weighted by molar-refractivity contribution is 5.79. The van der Waals surface area contributed by atoms with E-state index in [1.807, 2.05) is 6.92 Å². The summed E-state index contributed by atoms with van der Waals surface area (Å²) < 4.78 is 0. The standard InChI is InChI=1S/C16H30N2O2/c1-3-13-7-6-10-18(12-13)14-8-5-9-16(11-14,15(19)20)17-4-2/h13-14,17H,3-12H2,1-2H3,(H,19,20). The van der Waals surface area contributed by atoms with Crippen LogP contribution in [0.15, 0.2) is 0 Å². The second-order valence-electron chi connectivity index (χ2n) is 6.58. The largest absolute Gasteiger partial charge is 0.480 e. The second kappa shape index (κ2) is 6.90. The Bertz CT molecular complexity index is 330. The van der Waals surface area contributed by atoms with Crippen LogP contribution in [0.1, 0.15) is 58.8 Å². The number of likely N-dealkylation sites (N-methyl/N-ethyl adjacent to an activating group) is 1. The van der Waals surface area contributed by atoms with Crippen LogP contribution < -0.4 is 5.32 Å².